The van der Waals surface area contributed by atoms with Gasteiger partial charge in [-0.2, -0.15) is 0 Å². The van der Waals surface area contributed by atoms with Crippen LogP contribution in [0, 0.1) is 0 Å². The SMILES string of the molecule is CC/C=C\C/C=C\C/C=C\C/C=C\C/C=C\C/C=C\C/C=C\CCCCCCCC(=O)NC(COC1OC(CO)C(O)C(O)C1O)C(O)/C=C/CC/C=C/CC/C=C/CCCCCC. The molecular formula is C55H89NO8. The van der Waals surface area contributed by atoms with E-state index in [1.54, 1.807) is 6.08 Å². The van der Waals surface area contributed by atoms with Crippen molar-refractivity contribution in [3.8, 4) is 0 Å². The predicted molar refractivity (Wildman–Crippen MR) is 267 cm³/mol. The predicted octanol–water partition coefficient (Wildman–Crippen LogP) is 11.2. The zero-order chi connectivity index (χ0) is 46.6. The maximum atomic E-state index is 13.0. The molecule has 0 aliphatic carbocycles. The van der Waals surface area contributed by atoms with Gasteiger partial charge in [-0.1, -0.05) is 174 Å². The summed E-state index contributed by atoms with van der Waals surface area (Å²) >= 11 is 0. The van der Waals surface area contributed by atoms with Crippen molar-refractivity contribution >= 4 is 5.91 Å². The van der Waals surface area contributed by atoms with Crippen LogP contribution in [0.25, 0.3) is 0 Å². The molecule has 0 radical (unpaired) electrons. The molecule has 1 heterocycles. The van der Waals surface area contributed by atoms with Gasteiger partial charge in [-0.05, 0) is 103 Å². The summed E-state index contributed by atoms with van der Waals surface area (Å²) in [6, 6.07) is -0.847. The Balaban J connectivity index is 2.34. The van der Waals surface area contributed by atoms with Gasteiger partial charge in [0.15, 0.2) is 6.29 Å². The second-order valence-electron chi connectivity index (χ2n) is 16.5. The Morgan fingerprint density at radius 1 is 0.547 bits per heavy atom. The first-order valence-electron chi connectivity index (χ1n) is 24.8. The van der Waals surface area contributed by atoms with Crippen LogP contribution in [-0.4, -0.2) is 87.5 Å². The molecule has 9 heteroatoms. The van der Waals surface area contributed by atoms with Crippen LogP contribution in [0.3, 0.4) is 0 Å². The first-order valence-corrected chi connectivity index (χ1v) is 24.8. The molecule has 1 amide bonds. The molecule has 6 N–H and O–H groups in total. The number of ether oxygens (including phenoxy) is 2. The lowest BCUT2D eigenvalue weighted by molar-refractivity contribution is -0.302. The summed E-state index contributed by atoms with van der Waals surface area (Å²) in [5, 5.41) is 54.2. The molecular weight excluding hydrogens is 803 g/mol. The molecule has 1 aliphatic rings. The van der Waals surface area contributed by atoms with Crippen LogP contribution in [0.2, 0.25) is 0 Å². The smallest absolute Gasteiger partial charge is 0.220 e. The number of hydrogen-bond donors (Lipinski definition) is 6. The number of hydrogen-bond acceptors (Lipinski definition) is 8. The van der Waals surface area contributed by atoms with Crippen molar-refractivity contribution in [1.82, 2.24) is 5.32 Å². The molecule has 1 aliphatic heterocycles. The first-order chi connectivity index (χ1) is 31.3. The number of amides is 1. The van der Waals surface area contributed by atoms with Gasteiger partial charge in [-0.15, -0.1) is 0 Å². The van der Waals surface area contributed by atoms with E-state index in [4.69, 9.17) is 9.47 Å². The molecule has 9 nitrogen and oxygen atoms in total. The highest BCUT2D eigenvalue weighted by Crippen LogP contribution is 2.22. The van der Waals surface area contributed by atoms with Gasteiger partial charge in [0.1, 0.15) is 24.4 Å². The Morgan fingerprint density at radius 3 is 1.50 bits per heavy atom. The lowest BCUT2D eigenvalue weighted by Crippen LogP contribution is -2.60. The summed E-state index contributed by atoms with van der Waals surface area (Å²) in [7, 11) is 0. The van der Waals surface area contributed by atoms with Gasteiger partial charge in [0.2, 0.25) is 5.91 Å². The van der Waals surface area contributed by atoms with E-state index in [-0.39, 0.29) is 12.5 Å². The van der Waals surface area contributed by atoms with Crippen LogP contribution in [0.15, 0.2) is 122 Å². The molecule has 0 saturated carbocycles. The fourth-order valence-electron chi connectivity index (χ4n) is 6.81. The molecule has 7 unspecified atom stereocenters. The molecule has 0 spiro atoms. The van der Waals surface area contributed by atoms with Crippen molar-refractivity contribution < 1.29 is 39.8 Å². The van der Waals surface area contributed by atoms with Crippen molar-refractivity contribution in [3.63, 3.8) is 0 Å². The molecule has 0 aromatic rings. The number of nitrogens with one attached hydrogen (secondary N) is 1. The third-order valence-electron chi connectivity index (χ3n) is 10.7. The minimum Gasteiger partial charge on any atom is -0.394 e. The largest absolute Gasteiger partial charge is 0.394 e. The van der Waals surface area contributed by atoms with Crippen LogP contribution in [0.4, 0.5) is 0 Å². The number of carbonyl (C=O) groups is 1. The van der Waals surface area contributed by atoms with E-state index in [0.717, 1.165) is 109 Å². The number of aliphatic hydroxyl groups is 5. The van der Waals surface area contributed by atoms with Crippen molar-refractivity contribution in [2.75, 3.05) is 13.2 Å². The second-order valence-corrected chi connectivity index (χ2v) is 16.5. The number of rotatable bonds is 39. The summed E-state index contributed by atoms with van der Waals surface area (Å²) in [6.45, 7) is 3.57. The van der Waals surface area contributed by atoms with E-state index in [1.165, 1.54) is 25.7 Å². The molecule has 7 atom stereocenters. The summed E-state index contributed by atoms with van der Waals surface area (Å²) in [6.07, 6.45) is 58.1. The van der Waals surface area contributed by atoms with Gasteiger partial charge in [0.25, 0.3) is 0 Å². The molecule has 0 bridgehead atoms. The normalized spacial score (nSPS) is 21.1. The minimum absolute atomic E-state index is 0.217. The van der Waals surface area contributed by atoms with Crippen LogP contribution in [-0.2, 0) is 14.3 Å². The lowest BCUT2D eigenvalue weighted by atomic mass is 9.99. The van der Waals surface area contributed by atoms with E-state index < -0.39 is 49.5 Å². The van der Waals surface area contributed by atoms with E-state index in [1.807, 2.05) is 6.08 Å². The average molecular weight is 892 g/mol. The molecule has 0 aromatic heterocycles. The second kappa shape index (κ2) is 43.5. The summed E-state index contributed by atoms with van der Waals surface area (Å²) < 4.78 is 11.2. The van der Waals surface area contributed by atoms with Gasteiger partial charge in [0, 0.05) is 6.42 Å². The summed E-state index contributed by atoms with van der Waals surface area (Å²) in [5.41, 5.74) is 0. The Bertz CT molecular complexity index is 1410. The highest BCUT2D eigenvalue weighted by Gasteiger charge is 2.44. The van der Waals surface area contributed by atoms with E-state index in [0.29, 0.717) is 12.8 Å². The summed E-state index contributed by atoms with van der Waals surface area (Å²) in [5.74, 6) is -0.217. The number of aliphatic hydroxyl groups excluding tert-OH is 5. The van der Waals surface area contributed by atoms with Gasteiger partial charge < -0.3 is 40.3 Å². The standard InChI is InChI=1S/C55H89NO8/c1-3-5-7-9-11-13-15-17-19-20-21-22-23-24-25-26-27-28-29-30-31-33-35-37-39-41-43-45-51(59)56-48(47-63-55-54(62)53(61)52(60)50(46-57)64-55)49(58)44-42-40-38-36-34-32-18-16-14-12-10-8-6-4-2/h5,7,11,13-14,16-17,19,21-22,24-25,27-28,30-31,34,36,42,44,48-50,52-55,57-58,60-62H,3-4,6,8-10,12,15,18,20,23,26,29,32-33,35,37-41,43,45-47H2,1-2H3,(H,56,59)/b7-5-,13-11-,16-14+,19-17-,22-21-,25-24-,28-27-,31-30-,36-34+,44-42+. The van der Waals surface area contributed by atoms with E-state index in [9.17, 15) is 30.3 Å². The quantitative estimate of drug-likeness (QED) is 0.0264. The number of allylic oxidation sites excluding steroid dienone is 19. The molecule has 1 fully saturated rings. The molecule has 0 aromatic carbocycles. The van der Waals surface area contributed by atoms with Crippen LogP contribution in [0.5, 0.6) is 0 Å². The summed E-state index contributed by atoms with van der Waals surface area (Å²) in [4.78, 5) is 13.0. The van der Waals surface area contributed by atoms with Crippen molar-refractivity contribution in [3.05, 3.63) is 122 Å². The Kier molecular flexibility index (Phi) is 39.8. The number of carbonyl (C=O) groups excluding carboxylic acids is 1. The minimum atomic E-state index is -1.59. The Morgan fingerprint density at radius 2 is 0.984 bits per heavy atom. The fourth-order valence-corrected chi connectivity index (χ4v) is 6.81. The molecule has 64 heavy (non-hydrogen) atoms. The topological polar surface area (TPSA) is 149 Å². The Hall–Kier alpha value is -3.41. The highest BCUT2D eigenvalue weighted by molar-refractivity contribution is 5.76. The van der Waals surface area contributed by atoms with Gasteiger partial charge >= 0.3 is 0 Å². The van der Waals surface area contributed by atoms with Crippen molar-refractivity contribution in [1.29, 1.82) is 0 Å². The van der Waals surface area contributed by atoms with Gasteiger partial charge in [0.05, 0.1) is 25.4 Å². The van der Waals surface area contributed by atoms with Crippen molar-refractivity contribution in [2.45, 2.75) is 204 Å². The van der Waals surface area contributed by atoms with Crippen LogP contribution in [0.1, 0.15) is 162 Å². The third kappa shape index (κ3) is 33.1. The Labute approximate surface area is 388 Å². The lowest BCUT2D eigenvalue weighted by Gasteiger charge is -2.40. The number of unbranched alkanes of at least 4 members (excludes halogenated alkanes) is 11. The highest BCUT2D eigenvalue weighted by atomic mass is 16.7. The third-order valence-corrected chi connectivity index (χ3v) is 10.7. The maximum absolute atomic E-state index is 13.0. The molecule has 1 rings (SSSR count). The zero-order valence-corrected chi connectivity index (χ0v) is 39.7. The van der Waals surface area contributed by atoms with Crippen LogP contribution >= 0.6 is 0 Å². The van der Waals surface area contributed by atoms with E-state index >= 15 is 0 Å². The molecule has 362 valence electrons. The van der Waals surface area contributed by atoms with Crippen molar-refractivity contribution in [2.24, 2.45) is 0 Å². The first kappa shape index (κ1) is 58.6. The van der Waals surface area contributed by atoms with Gasteiger partial charge in [-0.3, -0.25) is 4.79 Å². The zero-order valence-electron chi connectivity index (χ0n) is 39.7. The maximum Gasteiger partial charge on any atom is 0.220 e. The monoisotopic (exact) mass is 892 g/mol. The fraction of sp³-hybridized carbons (Fsp3) is 0.618. The van der Waals surface area contributed by atoms with Gasteiger partial charge in [-0.25, -0.2) is 0 Å². The molecule has 1 saturated heterocycles. The average Bonchev–Trinajstić information content (AvgIpc) is 3.29. The van der Waals surface area contributed by atoms with Crippen LogP contribution < -0.4 is 5.32 Å². The van der Waals surface area contributed by atoms with E-state index in [2.05, 4.69) is 129 Å².